The zero-order valence-electron chi connectivity index (χ0n) is 18.8. The van der Waals surface area contributed by atoms with Crippen molar-refractivity contribution in [2.45, 2.75) is 36.1 Å². The highest BCUT2D eigenvalue weighted by molar-refractivity contribution is 7.99. The van der Waals surface area contributed by atoms with Gasteiger partial charge in [0.25, 0.3) is 0 Å². The van der Waals surface area contributed by atoms with Crippen molar-refractivity contribution in [3.8, 4) is 6.19 Å². The Morgan fingerprint density at radius 1 is 1.09 bits per heavy atom. The average molecular weight is 458 g/mol. The number of nitriles is 1. The zero-order chi connectivity index (χ0) is 22.6. The smallest absolute Gasteiger partial charge is 0.184 e. The Hall–Kier alpha value is -3.08. The van der Waals surface area contributed by atoms with Gasteiger partial charge in [-0.3, -0.25) is 4.90 Å². The average Bonchev–Trinajstić information content (AvgIpc) is 2.86. The molecule has 2 aliphatic rings. The third kappa shape index (κ3) is 4.97. The Morgan fingerprint density at radius 2 is 1.91 bits per heavy atom. The van der Waals surface area contributed by atoms with Crippen LogP contribution in [-0.2, 0) is 17.6 Å². The molecule has 168 valence electrons. The van der Waals surface area contributed by atoms with E-state index in [1.54, 1.807) is 16.7 Å². The van der Waals surface area contributed by atoms with Crippen molar-refractivity contribution in [2.24, 2.45) is 0 Å². The molecule has 0 radical (unpaired) electrons. The summed E-state index contributed by atoms with van der Waals surface area (Å²) in [5.41, 5.74) is 5.79. The first-order chi connectivity index (χ1) is 16.2. The summed E-state index contributed by atoms with van der Waals surface area (Å²) in [5.74, 6) is 0.829. The van der Waals surface area contributed by atoms with E-state index in [1.807, 2.05) is 6.20 Å². The van der Waals surface area contributed by atoms with Crippen LogP contribution in [0.2, 0.25) is 0 Å². The van der Waals surface area contributed by atoms with Gasteiger partial charge in [-0.15, -0.1) is 0 Å². The highest BCUT2D eigenvalue weighted by Crippen LogP contribution is 2.34. The molecule has 5 rings (SSSR count). The lowest BCUT2D eigenvalue weighted by molar-refractivity contribution is 0.122. The number of ether oxygens (including phenoxy) is 1. The van der Waals surface area contributed by atoms with E-state index < -0.39 is 0 Å². The summed E-state index contributed by atoms with van der Waals surface area (Å²) in [6.07, 6.45) is 6.93. The second-order valence-electron chi connectivity index (χ2n) is 8.46. The fourth-order valence-corrected chi connectivity index (χ4v) is 5.26. The lowest BCUT2D eigenvalue weighted by Crippen LogP contribution is -2.36. The van der Waals surface area contributed by atoms with E-state index in [2.05, 4.69) is 65.5 Å². The normalized spacial score (nSPS) is 15.8. The molecule has 0 unspecified atom stereocenters. The Morgan fingerprint density at radius 3 is 2.70 bits per heavy atom. The maximum absolute atomic E-state index is 9.36. The maximum atomic E-state index is 9.36. The molecule has 1 fully saturated rings. The second-order valence-corrected chi connectivity index (χ2v) is 9.53. The minimum Gasteiger partial charge on any atom is -0.378 e. The number of nitrogens with zero attached hydrogens (tertiary/aromatic N) is 5. The third-order valence-corrected chi connectivity index (χ3v) is 7.25. The second kappa shape index (κ2) is 9.82. The molecule has 0 saturated carbocycles. The van der Waals surface area contributed by atoms with Crippen molar-refractivity contribution in [1.82, 2.24) is 9.97 Å². The van der Waals surface area contributed by atoms with Crippen LogP contribution < -0.4 is 9.80 Å². The van der Waals surface area contributed by atoms with Gasteiger partial charge < -0.3 is 9.64 Å². The lowest BCUT2D eigenvalue weighted by Gasteiger charge is -2.28. The van der Waals surface area contributed by atoms with Gasteiger partial charge in [-0.05, 0) is 66.8 Å². The van der Waals surface area contributed by atoms with Crippen LogP contribution in [0, 0.1) is 18.4 Å². The molecule has 0 aliphatic carbocycles. The molecule has 1 saturated heterocycles. The number of rotatable bonds is 5. The minimum absolute atomic E-state index is 0.707. The standard InChI is InChI=1S/C26H27N5OS/c1-19-17-28-25(15-20-4-6-22(7-5-20)30-11-13-32-14-12-30)29-26(19)33-23-8-9-24-21(16-23)3-2-10-31(24)18-27/h4-9,16-17H,2-3,10-15H2,1H3. The lowest BCUT2D eigenvalue weighted by atomic mass is 10.0. The summed E-state index contributed by atoms with van der Waals surface area (Å²) in [4.78, 5) is 14.8. The number of hydrogen-bond acceptors (Lipinski definition) is 7. The number of hydrogen-bond donors (Lipinski definition) is 0. The molecular weight excluding hydrogens is 430 g/mol. The minimum atomic E-state index is 0.707. The van der Waals surface area contributed by atoms with Gasteiger partial charge in [0, 0.05) is 42.8 Å². The first-order valence-electron chi connectivity index (χ1n) is 11.4. The molecular formula is C26H27N5OS. The van der Waals surface area contributed by atoms with Crippen molar-refractivity contribution < 1.29 is 4.74 Å². The van der Waals surface area contributed by atoms with Crippen LogP contribution in [0.3, 0.4) is 0 Å². The van der Waals surface area contributed by atoms with Crippen molar-refractivity contribution in [3.63, 3.8) is 0 Å². The highest BCUT2D eigenvalue weighted by atomic mass is 32.2. The zero-order valence-corrected chi connectivity index (χ0v) is 19.6. The molecule has 0 N–H and O–H groups in total. The summed E-state index contributed by atoms with van der Waals surface area (Å²) in [6.45, 7) is 6.33. The summed E-state index contributed by atoms with van der Waals surface area (Å²) in [6, 6.07) is 15.1. The monoisotopic (exact) mass is 457 g/mol. The van der Waals surface area contributed by atoms with Crippen LogP contribution in [0.25, 0.3) is 0 Å². The van der Waals surface area contributed by atoms with Crippen molar-refractivity contribution in [1.29, 1.82) is 5.26 Å². The van der Waals surface area contributed by atoms with Crippen molar-refractivity contribution in [2.75, 3.05) is 42.6 Å². The van der Waals surface area contributed by atoms with Crippen LogP contribution in [-0.4, -0.2) is 42.8 Å². The van der Waals surface area contributed by atoms with E-state index in [0.29, 0.717) is 6.42 Å². The molecule has 0 bridgehead atoms. The highest BCUT2D eigenvalue weighted by Gasteiger charge is 2.17. The molecule has 3 heterocycles. The summed E-state index contributed by atoms with van der Waals surface area (Å²) in [5, 5.41) is 10.3. The van der Waals surface area contributed by atoms with Crippen LogP contribution >= 0.6 is 11.8 Å². The predicted octanol–water partition coefficient (Wildman–Crippen LogP) is 4.60. The van der Waals surface area contributed by atoms with Crippen LogP contribution in [0.4, 0.5) is 11.4 Å². The van der Waals surface area contributed by atoms with Crippen LogP contribution in [0.5, 0.6) is 0 Å². The van der Waals surface area contributed by atoms with E-state index in [0.717, 1.165) is 72.7 Å². The third-order valence-electron chi connectivity index (χ3n) is 6.15. The van der Waals surface area contributed by atoms with Gasteiger partial charge in [0.05, 0.1) is 18.9 Å². The Bertz CT molecular complexity index is 1170. The van der Waals surface area contributed by atoms with E-state index in [9.17, 15) is 5.26 Å². The molecule has 6 nitrogen and oxygen atoms in total. The Kier molecular flexibility index (Phi) is 6.47. The summed E-state index contributed by atoms with van der Waals surface area (Å²) in [7, 11) is 0. The molecule has 0 spiro atoms. The largest absolute Gasteiger partial charge is 0.378 e. The molecule has 33 heavy (non-hydrogen) atoms. The van der Waals surface area contributed by atoms with Gasteiger partial charge in [-0.2, -0.15) is 5.26 Å². The van der Waals surface area contributed by atoms with Crippen LogP contribution in [0.1, 0.15) is 28.9 Å². The maximum Gasteiger partial charge on any atom is 0.184 e. The van der Waals surface area contributed by atoms with Crippen LogP contribution in [0.15, 0.2) is 58.6 Å². The molecule has 3 aromatic rings. The summed E-state index contributed by atoms with van der Waals surface area (Å²) >= 11 is 1.67. The Balaban J connectivity index is 1.30. The molecule has 0 amide bonds. The number of benzene rings is 2. The number of morpholine rings is 1. The predicted molar refractivity (Wildman–Crippen MR) is 131 cm³/mol. The Labute approximate surface area is 199 Å². The van der Waals surface area contributed by atoms with Gasteiger partial charge in [0.2, 0.25) is 0 Å². The topological polar surface area (TPSA) is 65.3 Å². The van der Waals surface area contributed by atoms with Crippen molar-refractivity contribution >= 4 is 23.1 Å². The molecule has 2 aromatic carbocycles. The van der Waals surface area contributed by atoms with E-state index in [-0.39, 0.29) is 0 Å². The molecule has 1 aromatic heterocycles. The molecule has 2 aliphatic heterocycles. The molecule has 7 heteroatoms. The molecule has 0 atom stereocenters. The fourth-order valence-electron chi connectivity index (χ4n) is 4.33. The number of aryl methyl sites for hydroxylation is 2. The SMILES string of the molecule is Cc1cnc(Cc2ccc(N3CCOCC3)cc2)nc1Sc1ccc2c(c1)CCCN2C#N. The van der Waals surface area contributed by atoms with Crippen molar-refractivity contribution in [3.05, 3.63) is 71.2 Å². The van der Waals surface area contributed by atoms with Gasteiger partial charge in [0.1, 0.15) is 10.9 Å². The first-order valence-corrected chi connectivity index (χ1v) is 12.2. The number of anilines is 2. The number of aromatic nitrogens is 2. The van der Waals surface area contributed by atoms with E-state index >= 15 is 0 Å². The van der Waals surface area contributed by atoms with E-state index in [1.165, 1.54) is 16.8 Å². The summed E-state index contributed by atoms with van der Waals surface area (Å²) < 4.78 is 5.45. The number of fused-ring (bicyclic) bond motifs is 1. The quantitative estimate of drug-likeness (QED) is 0.410. The van der Waals surface area contributed by atoms with Gasteiger partial charge in [0.15, 0.2) is 6.19 Å². The first kappa shape index (κ1) is 21.7. The van der Waals surface area contributed by atoms with E-state index in [4.69, 9.17) is 9.72 Å². The van der Waals surface area contributed by atoms with Gasteiger partial charge in [-0.25, -0.2) is 9.97 Å². The van der Waals surface area contributed by atoms with Gasteiger partial charge >= 0.3 is 0 Å². The fraction of sp³-hybridized carbons (Fsp3) is 0.346. The van der Waals surface area contributed by atoms with Gasteiger partial charge in [-0.1, -0.05) is 23.9 Å².